The van der Waals surface area contributed by atoms with E-state index in [2.05, 4.69) is 30.2 Å². The second kappa shape index (κ2) is 5.49. The van der Waals surface area contributed by atoms with Crippen molar-refractivity contribution in [3.05, 3.63) is 37.2 Å². The molecule has 0 saturated carbocycles. The van der Waals surface area contributed by atoms with Crippen molar-refractivity contribution in [2.75, 3.05) is 29.9 Å². The van der Waals surface area contributed by atoms with Gasteiger partial charge in [0.15, 0.2) is 0 Å². The maximum absolute atomic E-state index is 6.14. The zero-order valence-electron chi connectivity index (χ0n) is 12.2. The fourth-order valence-corrected chi connectivity index (χ4v) is 3.32. The third kappa shape index (κ3) is 2.59. The quantitative estimate of drug-likeness (QED) is 0.909. The fourth-order valence-electron chi connectivity index (χ4n) is 3.32. The molecule has 2 aromatic heterocycles. The Bertz CT molecular complexity index is 624. The van der Waals surface area contributed by atoms with Gasteiger partial charge in [0.05, 0.1) is 24.4 Å². The fraction of sp³-hybridized carbons (Fsp3) is 0.467. The van der Waals surface area contributed by atoms with E-state index in [1.165, 1.54) is 0 Å². The summed E-state index contributed by atoms with van der Waals surface area (Å²) >= 11 is 0. The first-order valence-electron chi connectivity index (χ1n) is 7.51. The highest BCUT2D eigenvalue weighted by atomic mass is 16.5. The van der Waals surface area contributed by atoms with Gasteiger partial charge in [0, 0.05) is 38.1 Å². The SMILES string of the molecule is c1cc(N2CC[C@]3(C[C@H](Nc4cnccn4)CO3)C2)ncn1. The van der Waals surface area contributed by atoms with Crippen LogP contribution < -0.4 is 10.2 Å². The summed E-state index contributed by atoms with van der Waals surface area (Å²) in [5.41, 5.74) is -0.0785. The maximum Gasteiger partial charge on any atom is 0.144 e. The predicted octanol–water partition coefficient (Wildman–Crippen LogP) is 1.12. The Balaban J connectivity index is 1.40. The van der Waals surface area contributed by atoms with Crippen LogP contribution in [0.25, 0.3) is 0 Å². The summed E-state index contributed by atoms with van der Waals surface area (Å²) in [5.74, 6) is 1.78. The Morgan fingerprint density at radius 2 is 2.23 bits per heavy atom. The lowest BCUT2D eigenvalue weighted by atomic mass is 9.97. The third-order valence-corrected chi connectivity index (χ3v) is 4.33. The van der Waals surface area contributed by atoms with Gasteiger partial charge in [-0.15, -0.1) is 0 Å². The molecule has 0 amide bonds. The van der Waals surface area contributed by atoms with Crippen molar-refractivity contribution in [2.45, 2.75) is 24.5 Å². The zero-order chi connectivity index (χ0) is 14.8. The molecule has 4 heterocycles. The molecule has 0 radical (unpaired) electrons. The Kier molecular flexibility index (Phi) is 3.34. The van der Waals surface area contributed by atoms with Gasteiger partial charge in [-0.25, -0.2) is 15.0 Å². The standard InChI is InChI=1S/C15H18N6O/c1-3-17-11-19-14(1)21-6-2-15(10-21)7-12(9-22-15)20-13-8-16-4-5-18-13/h1,3-5,8,11-12H,2,6-7,9-10H2,(H,18,20)/t12-,15-/m0/s1. The van der Waals surface area contributed by atoms with E-state index in [0.717, 1.165) is 37.6 Å². The van der Waals surface area contributed by atoms with Gasteiger partial charge in [-0.3, -0.25) is 4.98 Å². The summed E-state index contributed by atoms with van der Waals surface area (Å²) in [4.78, 5) is 18.9. The highest BCUT2D eigenvalue weighted by Crippen LogP contribution is 2.37. The lowest BCUT2D eigenvalue weighted by Crippen LogP contribution is -2.33. The van der Waals surface area contributed by atoms with E-state index in [4.69, 9.17) is 4.74 Å². The summed E-state index contributed by atoms with van der Waals surface area (Å²) in [6.45, 7) is 2.55. The van der Waals surface area contributed by atoms with Crippen molar-refractivity contribution >= 4 is 11.6 Å². The second-order valence-electron chi connectivity index (χ2n) is 5.87. The molecule has 7 nitrogen and oxygen atoms in total. The van der Waals surface area contributed by atoms with Crippen LogP contribution in [0.5, 0.6) is 0 Å². The number of nitrogens with zero attached hydrogens (tertiary/aromatic N) is 5. The van der Waals surface area contributed by atoms with Gasteiger partial charge in [-0.05, 0) is 12.5 Å². The van der Waals surface area contributed by atoms with Gasteiger partial charge in [-0.2, -0.15) is 0 Å². The monoisotopic (exact) mass is 298 g/mol. The highest BCUT2D eigenvalue weighted by Gasteiger charge is 2.45. The number of nitrogens with one attached hydrogen (secondary N) is 1. The third-order valence-electron chi connectivity index (χ3n) is 4.33. The molecule has 2 aliphatic heterocycles. The minimum absolute atomic E-state index is 0.0785. The number of ether oxygens (including phenoxy) is 1. The van der Waals surface area contributed by atoms with Crippen LogP contribution >= 0.6 is 0 Å². The molecule has 22 heavy (non-hydrogen) atoms. The summed E-state index contributed by atoms with van der Waals surface area (Å²) in [5, 5.41) is 3.40. The van der Waals surface area contributed by atoms with E-state index in [9.17, 15) is 0 Å². The van der Waals surface area contributed by atoms with Gasteiger partial charge < -0.3 is 15.0 Å². The molecule has 114 valence electrons. The van der Waals surface area contributed by atoms with Crippen molar-refractivity contribution < 1.29 is 4.74 Å². The minimum Gasteiger partial charge on any atom is -0.371 e. The minimum atomic E-state index is -0.0785. The number of aromatic nitrogens is 4. The first-order chi connectivity index (χ1) is 10.8. The van der Waals surface area contributed by atoms with Gasteiger partial charge in [0.25, 0.3) is 0 Å². The topological polar surface area (TPSA) is 76.1 Å². The molecule has 2 atom stereocenters. The van der Waals surface area contributed by atoms with Gasteiger partial charge in [-0.1, -0.05) is 0 Å². The molecule has 2 fully saturated rings. The van der Waals surface area contributed by atoms with Crippen molar-refractivity contribution in [3.8, 4) is 0 Å². The van der Waals surface area contributed by atoms with Crippen LogP contribution in [0.1, 0.15) is 12.8 Å². The number of rotatable bonds is 3. The van der Waals surface area contributed by atoms with E-state index in [0.29, 0.717) is 6.61 Å². The zero-order valence-corrected chi connectivity index (χ0v) is 12.2. The maximum atomic E-state index is 6.14. The van der Waals surface area contributed by atoms with Crippen molar-refractivity contribution in [1.82, 2.24) is 19.9 Å². The lowest BCUT2D eigenvalue weighted by Gasteiger charge is -2.23. The van der Waals surface area contributed by atoms with E-state index in [-0.39, 0.29) is 11.6 Å². The predicted molar refractivity (Wildman–Crippen MR) is 81.6 cm³/mol. The smallest absolute Gasteiger partial charge is 0.144 e. The molecule has 1 spiro atoms. The van der Waals surface area contributed by atoms with Crippen LogP contribution in [0.15, 0.2) is 37.2 Å². The van der Waals surface area contributed by atoms with E-state index < -0.39 is 0 Å². The largest absolute Gasteiger partial charge is 0.371 e. The molecule has 0 aromatic carbocycles. The van der Waals surface area contributed by atoms with E-state index in [1.54, 1.807) is 31.1 Å². The van der Waals surface area contributed by atoms with Crippen LogP contribution in [0.4, 0.5) is 11.6 Å². The normalized spacial score (nSPS) is 27.5. The van der Waals surface area contributed by atoms with Crippen LogP contribution in [0.2, 0.25) is 0 Å². The first-order valence-corrected chi connectivity index (χ1v) is 7.51. The molecule has 1 N–H and O–H groups in total. The summed E-state index contributed by atoms with van der Waals surface area (Å²) in [6.07, 6.45) is 10.5. The molecule has 0 bridgehead atoms. The van der Waals surface area contributed by atoms with Crippen molar-refractivity contribution in [3.63, 3.8) is 0 Å². The van der Waals surface area contributed by atoms with Crippen LogP contribution in [-0.2, 0) is 4.74 Å². The van der Waals surface area contributed by atoms with E-state index >= 15 is 0 Å². The first kappa shape index (κ1) is 13.4. The molecule has 0 aliphatic carbocycles. The average molecular weight is 298 g/mol. The summed E-state index contributed by atoms with van der Waals surface area (Å²) < 4.78 is 6.14. The van der Waals surface area contributed by atoms with E-state index in [1.807, 2.05) is 6.07 Å². The summed E-state index contributed by atoms with van der Waals surface area (Å²) in [6, 6.07) is 2.23. The Morgan fingerprint density at radius 1 is 1.23 bits per heavy atom. The van der Waals surface area contributed by atoms with Gasteiger partial charge in [0.2, 0.25) is 0 Å². The number of hydrogen-bond acceptors (Lipinski definition) is 7. The summed E-state index contributed by atoms with van der Waals surface area (Å²) in [7, 11) is 0. The molecule has 2 saturated heterocycles. The Hall–Kier alpha value is -2.28. The molecular weight excluding hydrogens is 280 g/mol. The van der Waals surface area contributed by atoms with Gasteiger partial charge >= 0.3 is 0 Å². The second-order valence-corrected chi connectivity index (χ2v) is 5.87. The molecule has 2 aromatic rings. The lowest BCUT2D eigenvalue weighted by molar-refractivity contribution is 0.0228. The van der Waals surface area contributed by atoms with Gasteiger partial charge in [0.1, 0.15) is 18.0 Å². The van der Waals surface area contributed by atoms with Crippen LogP contribution in [-0.4, -0.2) is 51.3 Å². The average Bonchev–Trinajstić information content (AvgIpc) is 3.17. The van der Waals surface area contributed by atoms with Crippen LogP contribution in [0, 0.1) is 0 Å². The Morgan fingerprint density at radius 3 is 3.05 bits per heavy atom. The Labute approximate surface area is 128 Å². The van der Waals surface area contributed by atoms with Crippen molar-refractivity contribution in [1.29, 1.82) is 0 Å². The van der Waals surface area contributed by atoms with Crippen LogP contribution in [0.3, 0.4) is 0 Å². The molecule has 0 unspecified atom stereocenters. The molecular formula is C15H18N6O. The molecule has 2 aliphatic rings. The molecule has 4 rings (SSSR count). The number of hydrogen-bond donors (Lipinski definition) is 1. The molecule has 7 heteroatoms. The highest BCUT2D eigenvalue weighted by molar-refractivity contribution is 5.40. The van der Waals surface area contributed by atoms with Crippen molar-refractivity contribution in [2.24, 2.45) is 0 Å². The number of anilines is 2.